The number of rotatable bonds is 5. The number of thiazole rings is 1. The fourth-order valence-corrected chi connectivity index (χ4v) is 4.02. The maximum absolute atomic E-state index is 13.0. The smallest absolute Gasteiger partial charge is 0.319 e. The third kappa shape index (κ3) is 5.04. The van der Waals surface area contributed by atoms with E-state index in [1.54, 1.807) is 36.4 Å². The van der Waals surface area contributed by atoms with Crippen molar-refractivity contribution in [3.8, 4) is 0 Å². The van der Waals surface area contributed by atoms with E-state index in [9.17, 15) is 14.0 Å². The summed E-state index contributed by atoms with van der Waals surface area (Å²) in [5, 5.41) is 8.85. The zero-order chi connectivity index (χ0) is 21.8. The van der Waals surface area contributed by atoms with Gasteiger partial charge in [0, 0.05) is 17.8 Å². The third-order valence-corrected chi connectivity index (χ3v) is 5.48. The van der Waals surface area contributed by atoms with Crippen molar-refractivity contribution in [1.82, 2.24) is 10.3 Å². The molecular formula is C23H19FN4O2S. The highest BCUT2D eigenvalue weighted by Crippen LogP contribution is 2.31. The number of urea groups is 1. The number of fused-ring (bicyclic) bond motifs is 1. The first-order valence-corrected chi connectivity index (χ1v) is 10.4. The molecule has 0 atom stereocenters. The fraction of sp³-hybridized carbons (Fsp3) is 0.0870. The second kappa shape index (κ2) is 8.93. The standard InChI is InChI=1S/C23H19FN4O2S/c1-14-11-18(26-22(30)25-13-15-7-9-17(24)10-8-15)12-19-20(14)27-23(31-19)28-21(29)16-5-3-2-4-6-16/h2-12H,13H2,1H3,(H2,25,26,30)(H,27,28,29). The predicted octanol–water partition coefficient (Wildman–Crippen LogP) is 5.32. The first kappa shape index (κ1) is 20.5. The van der Waals surface area contributed by atoms with Crippen molar-refractivity contribution >= 4 is 44.3 Å². The summed E-state index contributed by atoms with van der Waals surface area (Å²) >= 11 is 1.34. The van der Waals surface area contributed by atoms with Gasteiger partial charge in [-0.1, -0.05) is 41.7 Å². The van der Waals surface area contributed by atoms with E-state index in [0.717, 1.165) is 21.3 Å². The lowest BCUT2D eigenvalue weighted by molar-refractivity contribution is 0.102. The van der Waals surface area contributed by atoms with Crippen LogP contribution in [0.4, 0.5) is 20.0 Å². The number of aromatic nitrogens is 1. The molecule has 0 radical (unpaired) electrons. The van der Waals surface area contributed by atoms with Crippen LogP contribution >= 0.6 is 11.3 Å². The summed E-state index contributed by atoms with van der Waals surface area (Å²) in [4.78, 5) is 29.1. The molecule has 1 aromatic heterocycles. The average molecular weight is 434 g/mol. The summed E-state index contributed by atoms with van der Waals surface area (Å²) in [6.07, 6.45) is 0. The van der Waals surface area contributed by atoms with Crippen molar-refractivity contribution < 1.29 is 14.0 Å². The average Bonchev–Trinajstić information content (AvgIpc) is 3.17. The van der Waals surface area contributed by atoms with Gasteiger partial charge in [-0.2, -0.15) is 0 Å². The van der Waals surface area contributed by atoms with Crippen LogP contribution in [-0.4, -0.2) is 16.9 Å². The number of nitrogens with one attached hydrogen (secondary N) is 3. The normalized spacial score (nSPS) is 10.6. The molecule has 0 fully saturated rings. The number of amides is 3. The third-order valence-electron chi connectivity index (χ3n) is 4.57. The lowest BCUT2D eigenvalue weighted by Gasteiger charge is -2.08. The Morgan fingerprint density at radius 1 is 1.00 bits per heavy atom. The first-order chi connectivity index (χ1) is 15.0. The zero-order valence-corrected chi connectivity index (χ0v) is 17.4. The molecule has 0 unspecified atom stereocenters. The Morgan fingerprint density at radius 2 is 1.74 bits per heavy atom. The van der Waals surface area contributed by atoms with E-state index in [1.165, 1.54) is 23.5 Å². The molecule has 156 valence electrons. The van der Waals surface area contributed by atoms with Gasteiger partial charge in [-0.3, -0.25) is 10.1 Å². The van der Waals surface area contributed by atoms with E-state index < -0.39 is 0 Å². The minimum absolute atomic E-state index is 0.226. The van der Waals surface area contributed by atoms with Gasteiger partial charge in [0.05, 0.1) is 10.2 Å². The van der Waals surface area contributed by atoms with E-state index in [-0.39, 0.29) is 24.3 Å². The van der Waals surface area contributed by atoms with Crippen LogP contribution in [0.15, 0.2) is 66.7 Å². The quantitative estimate of drug-likeness (QED) is 0.398. The topological polar surface area (TPSA) is 83.1 Å². The SMILES string of the molecule is Cc1cc(NC(=O)NCc2ccc(F)cc2)cc2sc(NC(=O)c3ccccc3)nc12. The highest BCUT2D eigenvalue weighted by molar-refractivity contribution is 7.22. The van der Waals surface area contributed by atoms with Crippen LogP contribution in [0.2, 0.25) is 0 Å². The molecule has 4 aromatic rings. The summed E-state index contributed by atoms with van der Waals surface area (Å²) in [5.41, 5.74) is 3.61. The van der Waals surface area contributed by atoms with E-state index in [2.05, 4.69) is 20.9 Å². The number of carbonyl (C=O) groups excluding carboxylic acids is 2. The van der Waals surface area contributed by atoms with Gasteiger partial charge in [0.2, 0.25) is 0 Å². The number of nitrogens with zero attached hydrogens (tertiary/aromatic N) is 1. The lowest BCUT2D eigenvalue weighted by atomic mass is 10.2. The lowest BCUT2D eigenvalue weighted by Crippen LogP contribution is -2.28. The Morgan fingerprint density at radius 3 is 2.48 bits per heavy atom. The first-order valence-electron chi connectivity index (χ1n) is 9.55. The summed E-state index contributed by atoms with van der Waals surface area (Å²) in [7, 11) is 0. The number of hydrogen-bond acceptors (Lipinski definition) is 4. The number of benzene rings is 3. The molecule has 1 heterocycles. The van der Waals surface area contributed by atoms with Crippen LogP contribution in [0.25, 0.3) is 10.2 Å². The van der Waals surface area contributed by atoms with Crippen LogP contribution in [0.5, 0.6) is 0 Å². The molecule has 0 spiro atoms. The van der Waals surface area contributed by atoms with Crippen molar-refractivity contribution in [2.24, 2.45) is 0 Å². The molecule has 0 bridgehead atoms. The zero-order valence-electron chi connectivity index (χ0n) is 16.6. The van der Waals surface area contributed by atoms with Crippen molar-refractivity contribution in [1.29, 1.82) is 0 Å². The van der Waals surface area contributed by atoms with E-state index in [4.69, 9.17) is 0 Å². The van der Waals surface area contributed by atoms with Gasteiger partial charge < -0.3 is 10.6 Å². The number of halogens is 1. The molecule has 0 aliphatic rings. The molecule has 0 saturated carbocycles. The number of carbonyl (C=O) groups is 2. The van der Waals surface area contributed by atoms with Gasteiger partial charge in [0.15, 0.2) is 5.13 Å². The molecular weight excluding hydrogens is 415 g/mol. The van der Waals surface area contributed by atoms with Crippen LogP contribution < -0.4 is 16.0 Å². The Balaban J connectivity index is 1.43. The Labute approximate surface area is 182 Å². The van der Waals surface area contributed by atoms with E-state index >= 15 is 0 Å². The maximum atomic E-state index is 13.0. The largest absolute Gasteiger partial charge is 0.334 e. The number of aryl methyl sites for hydroxylation is 1. The Hall–Kier alpha value is -3.78. The molecule has 6 nitrogen and oxygen atoms in total. The summed E-state index contributed by atoms with van der Waals surface area (Å²) < 4.78 is 13.8. The number of anilines is 2. The molecule has 0 saturated heterocycles. The summed E-state index contributed by atoms with van der Waals surface area (Å²) in [6, 6.07) is 18.1. The molecule has 3 amide bonds. The van der Waals surface area contributed by atoms with Gasteiger partial charge in [-0.15, -0.1) is 0 Å². The van der Waals surface area contributed by atoms with Crippen molar-refractivity contribution in [3.05, 3.63) is 89.2 Å². The predicted molar refractivity (Wildman–Crippen MR) is 121 cm³/mol. The fourth-order valence-electron chi connectivity index (χ4n) is 3.04. The van der Waals surface area contributed by atoms with E-state index in [0.29, 0.717) is 16.4 Å². The van der Waals surface area contributed by atoms with Gasteiger partial charge >= 0.3 is 6.03 Å². The summed E-state index contributed by atoms with van der Waals surface area (Å²) in [5.74, 6) is -0.545. The molecule has 4 rings (SSSR count). The van der Waals surface area contributed by atoms with Crippen molar-refractivity contribution in [2.75, 3.05) is 10.6 Å². The van der Waals surface area contributed by atoms with Gasteiger partial charge in [0.25, 0.3) is 5.91 Å². The Kier molecular flexibility index (Phi) is 5.90. The van der Waals surface area contributed by atoms with Gasteiger partial charge in [-0.05, 0) is 54.4 Å². The van der Waals surface area contributed by atoms with Crippen LogP contribution in [0.3, 0.4) is 0 Å². The van der Waals surface area contributed by atoms with Crippen LogP contribution in [0, 0.1) is 12.7 Å². The highest BCUT2D eigenvalue weighted by Gasteiger charge is 2.13. The molecule has 0 aliphatic carbocycles. The van der Waals surface area contributed by atoms with Crippen LogP contribution in [0.1, 0.15) is 21.5 Å². The van der Waals surface area contributed by atoms with Crippen molar-refractivity contribution in [2.45, 2.75) is 13.5 Å². The maximum Gasteiger partial charge on any atom is 0.319 e. The highest BCUT2D eigenvalue weighted by atomic mass is 32.1. The second-order valence-electron chi connectivity index (χ2n) is 6.91. The van der Waals surface area contributed by atoms with Crippen LogP contribution in [-0.2, 0) is 6.54 Å². The van der Waals surface area contributed by atoms with Gasteiger partial charge in [0.1, 0.15) is 5.82 Å². The number of hydrogen-bond donors (Lipinski definition) is 3. The Bertz CT molecular complexity index is 1240. The molecule has 31 heavy (non-hydrogen) atoms. The minimum atomic E-state index is -0.370. The van der Waals surface area contributed by atoms with Gasteiger partial charge in [-0.25, -0.2) is 14.2 Å². The van der Waals surface area contributed by atoms with E-state index in [1.807, 2.05) is 25.1 Å². The minimum Gasteiger partial charge on any atom is -0.334 e. The van der Waals surface area contributed by atoms with Crippen molar-refractivity contribution in [3.63, 3.8) is 0 Å². The summed E-state index contributed by atoms with van der Waals surface area (Å²) in [6.45, 7) is 2.18. The molecule has 3 aromatic carbocycles. The monoisotopic (exact) mass is 434 g/mol. The second-order valence-corrected chi connectivity index (χ2v) is 7.94. The molecule has 3 N–H and O–H groups in total. The molecule has 8 heteroatoms. The molecule has 0 aliphatic heterocycles.